The molecule has 2 aliphatic heterocycles. The molecule has 1 aromatic rings. The first-order valence-corrected chi connectivity index (χ1v) is 5.90. The molecule has 1 fully saturated rings. The molecule has 0 bridgehead atoms. The van der Waals surface area contributed by atoms with Gasteiger partial charge in [0.25, 0.3) is 0 Å². The largest absolute Gasteiger partial charge is 0.378 e. The van der Waals surface area contributed by atoms with Crippen molar-refractivity contribution in [3.8, 4) is 0 Å². The van der Waals surface area contributed by atoms with Gasteiger partial charge in [-0.25, -0.2) is 4.98 Å². The van der Waals surface area contributed by atoms with Crippen molar-refractivity contribution in [2.45, 2.75) is 13.1 Å². The number of imidazole rings is 1. The van der Waals surface area contributed by atoms with Gasteiger partial charge in [-0.2, -0.15) is 0 Å². The Morgan fingerprint density at radius 1 is 1.19 bits per heavy atom. The Labute approximate surface area is 95.6 Å². The topological polar surface area (TPSA) is 33.5 Å². The number of anilines is 1. The summed E-state index contributed by atoms with van der Waals surface area (Å²) in [6.07, 6.45) is 2.01. The van der Waals surface area contributed by atoms with Crippen molar-refractivity contribution in [3.05, 3.63) is 11.9 Å². The quantitative estimate of drug-likeness (QED) is 0.678. The predicted molar refractivity (Wildman–Crippen MR) is 61.6 cm³/mol. The highest BCUT2D eigenvalue weighted by atomic mass is 16.5. The van der Waals surface area contributed by atoms with Crippen LogP contribution in [-0.4, -0.2) is 54.3 Å². The summed E-state index contributed by atoms with van der Waals surface area (Å²) in [5, 5.41) is 0. The molecule has 0 saturated carbocycles. The van der Waals surface area contributed by atoms with Gasteiger partial charge in [0.15, 0.2) is 0 Å². The SMILES string of the molecule is CN1CCn2c(cnc2N2CCOCC2)C1. The third-order valence-electron chi connectivity index (χ3n) is 3.35. The highest BCUT2D eigenvalue weighted by Crippen LogP contribution is 2.20. The van der Waals surface area contributed by atoms with Crippen LogP contribution >= 0.6 is 0 Å². The Morgan fingerprint density at radius 2 is 2.00 bits per heavy atom. The smallest absolute Gasteiger partial charge is 0.205 e. The van der Waals surface area contributed by atoms with Gasteiger partial charge in [0, 0.05) is 32.7 Å². The zero-order valence-corrected chi connectivity index (χ0v) is 9.72. The summed E-state index contributed by atoms with van der Waals surface area (Å²) in [6.45, 7) is 6.75. The van der Waals surface area contributed by atoms with Gasteiger partial charge in [-0.05, 0) is 7.05 Å². The predicted octanol–water partition coefficient (Wildman–Crippen LogP) is 0.165. The maximum Gasteiger partial charge on any atom is 0.205 e. The lowest BCUT2D eigenvalue weighted by Crippen LogP contribution is -2.39. The lowest BCUT2D eigenvalue weighted by molar-refractivity contribution is 0.121. The second kappa shape index (κ2) is 4.07. The standard InChI is InChI=1S/C11H18N4O/c1-13-2-3-15-10(9-13)8-12-11(15)14-4-6-16-7-5-14/h8H,2-7,9H2,1H3. The molecule has 0 radical (unpaired) electrons. The van der Waals surface area contributed by atoms with E-state index in [1.165, 1.54) is 5.69 Å². The van der Waals surface area contributed by atoms with Gasteiger partial charge < -0.3 is 14.2 Å². The number of likely N-dealkylation sites (N-methyl/N-ethyl adjacent to an activating group) is 1. The molecule has 1 aromatic heterocycles. The van der Waals surface area contributed by atoms with Crippen molar-refractivity contribution in [2.75, 3.05) is 44.8 Å². The van der Waals surface area contributed by atoms with Crippen LogP contribution in [-0.2, 0) is 17.8 Å². The number of fused-ring (bicyclic) bond motifs is 1. The molecular formula is C11H18N4O. The van der Waals surface area contributed by atoms with Crippen LogP contribution in [0.1, 0.15) is 5.69 Å². The molecule has 3 rings (SSSR count). The Hall–Kier alpha value is -1.07. The van der Waals surface area contributed by atoms with Gasteiger partial charge in [0.2, 0.25) is 5.95 Å². The van der Waals surface area contributed by atoms with E-state index in [4.69, 9.17) is 4.74 Å². The molecule has 0 aliphatic carbocycles. The molecule has 16 heavy (non-hydrogen) atoms. The number of ether oxygens (including phenoxy) is 1. The molecule has 0 amide bonds. The van der Waals surface area contributed by atoms with Crippen molar-refractivity contribution in [1.82, 2.24) is 14.5 Å². The molecule has 1 saturated heterocycles. The number of rotatable bonds is 1. The summed E-state index contributed by atoms with van der Waals surface area (Å²) in [6, 6.07) is 0. The molecule has 3 heterocycles. The van der Waals surface area contributed by atoms with E-state index in [1.54, 1.807) is 0 Å². The molecule has 0 spiro atoms. The van der Waals surface area contributed by atoms with E-state index in [9.17, 15) is 0 Å². The number of morpholine rings is 1. The average Bonchev–Trinajstić information content (AvgIpc) is 2.73. The first-order valence-electron chi connectivity index (χ1n) is 5.90. The van der Waals surface area contributed by atoms with Crippen molar-refractivity contribution in [1.29, 1.82) is 0 Å². The van der Waals surface area contributed by atoms with Gasteiger partial charge in [-0.1, -0.05) is 0 Å². The lowest BCUT2D eigenvalue weighted by Gasteiger charge is -2.31. The third-order valence-corrected chi connectivity index (χ3v) is 3.35. The summed E-state index contributed by atoms with van der Waals surface area (Å²) >= 11 is 0. The van der Waals surface area contributed by atoms with Crippen LogP contribution in [0, 0.1) is 0 Å². The zero-order valence-electron chi connectivity index (χ0n) is 9.72. The Bertz CT molecular complexity index is 370. The molecule has 2 aliphatic rings. The normalized spacial score (nSPS) is 22.2. The van der Waals surface area contributed by atoms with Gasteiger partial charge in [0.05, 0.1) is 25.1 Å². The van der Waals surface area contributed by atoms with Crippen LogP contribution in [0.3, 0.4) is 0 Å². The van der Waals surface area contributed by atoms with Crippen LogP contribution in [0.5, 0.6) is 0 Å². The van der Waals surface area contributed by atoms with Gasteiger partial charge in [0.1, 0.15) is 0 Å². The van der Waals surface area contributed by atoms with Crippen LogP contribution in [0.2, 0.25) is 0 Å². The summed E-state index contributed by atoms with van der Waals surface area (Å²) in [5.74, 6) is 1.13. The highest BCUT2D eigenvalue weighted by Gasteiger charge is 2.21. The Morgan fingerprint density at radius 3 is 2.81 bits per heavy atom. The van der Waals surface area contributed by atoms with E-state index < -0.39 is 0 Å². The fourth-order valence-electron chi connectivity index (χ4n) is 2.41. The van der Waals surface area contributed by atoms with Crippen LogP contribution < -0.4 is 4.90 Å². The minimum absolute atomic E-state index is 0.822. The first-order chi connectivity index (χ1) is 7.84. The molecular weight excluding hydrogens is 204 g/mol. The van der Waals surface area contributed by atoms with E-state index in [0.717, 1.165) is 51.9 Å². The number of hydrogen-bond acceptors (Lipinski definition) is 4. The fourth-order valence-corrected chi connectivity index (χ4v) is 2.41. The van der Waals surface area contributed by atoms with E-state index in [1.807, 2.05) is 6.20 Å². The minimum atomic E-state index is 0.822. The highest BCUT2D eigenvalue weighted by molar-refractivity contribution is 5.35. The number of nitrogens with zero attached hydrogens (tertiary/aromatic N) is 4. The third kappa shape index (κ3) is 1.70. The van der Waals surface area contributed by atoms with Crippen molar-refractivity contribution in [3.63, 3.8) is 0 Å². The molecule has 0 aromatic carbocycles. The Balaban J connectivity index is 1.85. The zero-order chi connectivity index (χ0) is 11.0. The minimum Gasteiger partial charge on any atom is -0.378 e. The molecule has 88 valence electrons. The summed E-state index contributed by atoms with van der Waals surface area (Å²) in [4.78, 5) is 9.23. The number of hydrogen-bond donors (Lipinski definition) is 0. The molecule has 0 unspecified atom stereocenters. The second-order valence-corrected chi connectivity index (χ2v) is 4.54. The maximum absolute atomic E-state index is 5.37. The van der Waals surface area contributed by atoms with E-state index in [0.29, 0.717) is 0 Å². The average molecular weight is 222 g/mol. The Kier molecular flexibility index (Phi) is 2.57. The van der Waals surface area contributed by atoms with E-state index in [-0.39, 0.29) is 0 Å². The molecule has 5 nitrogen and oxygen atoms in total. The van der Waals surface area contributed by atoms with Crippen LogP contribution in [0.4, 0.5) is 5.95 Å². The van der Waals surface area contributed by atoms with Crippen molar-refractivity contribution in [2.24, 2.45) is 0 Å². The second-order valence-electron chi connectivity index (χ2n) is 4.54. The number of aromatic nitrogens is 2. The maximum atomic E-state index is 5.37. The molecule has 5 heteroatoms. The fraction of sp³-hybridized carbons (Fsp3) is 0.727. The van der Waals surface area contributed by atoms with E-state index in [2.05, 4.69) is 26.4 Å². The van der Waals surface area contributed by atoms with Crippen molar-refractivity contribution >= 4 is 5.95 Å². The van der Waals surface area contributed by atoms with Gasteiger partial charge >= 0.3 is 0 Å². The summed E-state index contributed by atoms with van der Waals surface area (Å²) in [5.41, 5.74) is 1.33. The summed E-state index contributed by atoms with van der Waals surface area (Å²) in [7, 11) is 2.16. The van der Waals surface area contributed by atoms with Gasteiger partial charge in [-0.15, -0.1) is 0 Å². The molecule has 0 N–H and O–H groups in total. The van der Waals surface area contributed by atoms with E-state index >= 15 is 0 Å². The van der Waals surface area contributed by atoms with Crippen molar-refractivity contribution < 1.29 is 4.74 Å². The van der Waals surface area contributed by atoms with Crippen LogP contribution in [0.25, 0.3) is 0 Å². The monoisotopic (exact) mass is 222 g/mol. The first kappa shape index (κ1) is 10.1. The molecule has 0 atom stereocenters. The summed E-state index contributed by atoms with van der Waals surface area (Å²) < 4.78 is 7.72. The van der Waals surface area contributed by atoms with Crippen LogP contribution in [0.15, 0.2) is 6.20 Å². The van der Waals surface area contributed by atoms with Gasteiger partial charge in [-0.3, -0.25) is 4.90 Å². The lowest BCUT2D eigenvalue weighted by atomic mass is 10.3.